The van der Waals surface area contributed by atoms with Crippen molar-refractivity contribution < 1.29 is 4.79 Å². The summed E-state index contributed by atoms with van der Waals surface area (Å²) in [6, 6.07) is 12.7. The third-order valence-corrected chi connectivity index (χ3v) is 3.76. The molecule has 0 aliphatic carbocycles. The second-order valence-electron chi connectivity index (χ2n) is 5.55. The highest BCUT2D eigenvalue weighted by atomic mass is 35.5. The minimum Gasteiger partial charge on any atom is -0.360 e. The predicted octanol–water partition coefficient (Wildman–Crippen LogP) is 4.72. The van der Waals surface area contributed by atoms with Crippen molar-refractivity contribution in [2.75, 3.05) is 10.6 Å². The first kappa shape index (κ1) is 17.6. The summed E-state index contributed by atoms with van der Waals surface area (Å²) in [6.07, 6.45) is 1.43. The van der Waals surface area contributed by atoms with Crippen molar-refractivity contribution in [2.24, 2.45) is 0 Å². The van der Waals surface area contributed by atoms with E-state index in [0.717, 1.165) is 16.8 Å². The standard InChI is InChI=1S/C19H18ClN3O/c1-12-8-13(2)18(14(3)9-12)22-11-15(10-21)19(24)23-17-6-4-16(20)5-7-17/h4-9,11,22H,1-3H3,(H,23,24)/b15-11-. The van der Waals surface area contributed by atoms with Crippen molar-refractivity contribution in [3.63, 3.8) is 0 Å². The maximum atomic E-state index is 12.2. The lowest BCUT2D eigenvalue weighted by Gasteiger charge is -2.11. The van der Waals surface area contributed by atoms with E-state index in [1.807, 2.05) is 39.0 Å². The number of amides is 1. The predicted molar refractivity (Wildman–Crippen MR) is 98.1 cm³/mol. The number of carbonyl (C=O) groups excluding carboxylic acids is 1. The highest BCUT2D eigenvalue weighted by Crippen LogP contribution is 2.22. The van der Waals surface area contributed by atoms with Crippen molar-refractivity contribution in [3.8, 4) is 6.07 Å². The van der Waals surface area contributed by atoms with Crippen LogP contribution in [-0.4, -0.2) is 5.91 Å². The Morgan fingerprint density at radius 2 is 1.71 bits per heavy atom. The molecule has 2 rings (SSSR count). The molecule has 4 nitrogen and oxygen atoms in total. The summed E-state index contributed by atoms with van der Waals surface area (Å²) in [5, 5.41) is 15.6. The minimum absolute atomic E-state index is 0.00988. The molecule has 0 bridgehead atoms. The molecule has 0 spiro atoms. The van der Waals surface area contributed by atoms with Gasteiger partial charge in [-0.15, -0.1) is 0 Å². The molecule has 5 heteroatoms. The van der Waals surface area contributed by atoms with Gasteiger partial charge in [-0.3, -0.25) is 4.79 Å². The molecule has 2 aromatic rings. The Hall–Kier alpha value is -2.77. The van der Waals surface area contributed by atoms with Crippen LogP contribution in [-0.2, 0) is 4.79 Å². The molecule has 0 atom stereocenters. The van der Waals surface area contributed by atoms with Gasteiger partial charge >= 0.3 is 0 Å². The topological polar surface area (TPSA) is 64.9 Å². The zero-order valence-corrected chi connectivity index (χ0v) is 14.5. The molecular formula is C19H18ClN3O. The number of nitrogens with one attached hydrogen (secondary N) is 2. The summed E-state index contributed by atoms with van der Waals surface area (Å²) in [4.78, 5) is 12.2. The van der Waals surface area contributed by atoms with Crippen molar-refractivity contribution in [2.45, 2.75) is 20.8 Å². The van der Waals surface area contributed by atoms with Crippen LogP contribution in [0.4, 0.5) is 11.4 Å². The second-order valence-corrected chi connectivity index (χ2v) is 5.99. The summed E-state index contributed by atoms with van der Waals surface area (Å²) in [7, 11) is 0. The first-order chi connectivity index (χ1) is 11.4. The fourth-order valence-electron chi connectivity index (χ4n) is 2.43. The number of hydrogen-bond acceptors (Lipinski definition) is 3. The van der Waals surface area contributed by atoms with Crippen LogP contribution in [0.2, 0.25) is 5.02 Å². The van der Waals surface area contributed by atoms with Gasteiger partial charge in [0.1, 0.15) is 11.6 Å². The van der Waals surface area contributed by atoms with E-state index in [4.69, 9.17) is 11.6 Å². The molecule has 1 amide bonds. The Morgan fingerprint density at radius 3 is 2.25 bits per heavy atom. The Morgan fingerprint density at radius 1 is 1.12 bits per heavy atom. The normalized spacial score (nSPS) is 10.9. The number of halogens is 1. The van der Waals surface area contributed by atoms with Gasteiger partial charge in [-0.05, 0) is 56.2 Å². The van der Waals surface area contributed by atoms with Gasteiger partial charge in [0.2, 0.25) is 0 Å². The molecular weight excluding hydrogens is 322 g/mol. The third kappa shape index (κ3) is 4.37. The van der Waals surface area contributed by atoms with Gasteiger partial charge in [-0.1, -0.05) is 29.3 Å². The van der Waals surface area contributed by atoms with Crippen molar-refractivity contribution in [1.29, 1.82) is 5.26 Å². The Labute approximate surface area is 146 Å². The average molecular weight is 340 g/mol. The van der Waals surface area contributed by atoms with Gasteiger partial charge in [-0.25, -0.2) is 0 Å². The van der Waals surface area contributed by atoms with Crippen LogP contribution in [0.1, 0.15) is 16.7 Å². The quantitative estimate of drug-likeness (QED) is 0.625. The molecule has 0 saturated heterocycles. The Kier molecular flexibility index (Phi) is 5.62. The molecule has 0 aliphatic rings. The molecule has 0 aliphatic heterocycles. The van der Waals surface area contributed by atoms with Gasteiger partial charge in [0.05, 0.1) is 0 Å². The van der Waals surface area contributed by atoms with E-state index in [2.05, 4.69) is 10.6 Å². The molecule has 0 unspecified atom stereocenters. The second kappa shape index (κ2) is 7.67. The third-order valence-electron chi connectivity index (χ3n) is 3.51. The van der Waals surface area contributed by atoms with E-state index in [-0.39, 0.29) is 5.57 Å². The maximum Gasteiger partial charge on any atom is 0.267 e. The van der Waals surface area contributed by atoms with Gasteiger partial charge in [0.25, 0.3) is 5.91 Å². The fraction of sp³-hybridized carbons (Fsp3) is 0.158. The summed E-state index contributed by atoms with van der Waals surface area (Å²) in [5.41, 5.74) is 4.74. The lowest BCUT2D eigenvalue weighted by molar-refractivity contribution is -0.112. The lowest BCUT2D eigenvalue weighted by Crippen LogP contribution is -2.14. The van der Waals surface area contributed by atoms with Crippen molar-refractivity contribution in [1.82, 2.24) is 0 Å². The van der Waals surface area contributed by atoms with Crippen LogP contribution < -0.4 is 10.6 Å². The Balaban J connectivity index is 2.16. The molecule has 2 aromatic carbocycles. The highest BCUT2D eigenvalue weighted by molar-refractivity contribution is 6.30. The average Bonchev–Trinajstić information content (AvgIpc) is 2.52. The smallest absolute Gasteiger partial charge is 0.267 e. The van der Waals surface area contributed by atoms with Crippen molar-refractivity contribution >= 4 is 28.9 Å². The van der Waals surface area contributed by atoms with E-state index in [9.17, 15) is 10.1 Å². The van der Waals surface area contributed by atoms with E-state index in [0.29, 0.717) is 10.7 Å². The van der Waals surface area contributed by atoms with Crippen LogP contribution in [0.25, 0.3) is 0 Å². The van der Waals surface area contributed by atoms with Gasteiger partial charge in [0.15, 0.2) is 0 Å². The van der Waals surface area contributed by atoms with Gasteiger partial charge in [-0.2, -0.15) is 5.26 Å². The molecule has 0 fully saturated rings. The largest absolute Gasteiger partial charge is 0.360 e. The number of nitriles is 1. The minimum atomic E-state index is -0.477. The molecule has 0 saturated carbocycles. The first-order valence-electron chi connectivity index (χ1n) is 7.42. The van der Waals surface area contributed by atoms with Crippen LogP contribution in [0, 0.1) is 32.1 Å². The van der Waals surface area contributed by atoms with E-state index in [1.165, 1.54) is 11.8 Å². The van der Waals surface area contributed by atoms with E-state index < -0.39 is 5.91 Å². The number of benzene rings is 2. The molecule has 0 heterocycles. The molecule has 0 radical (unpaired) electrons. The van der Waals surface area contributed by atoms with E-state index >= 15 is 0 Å². The molecule has 2 N–H and O–H groups in total. The number of hydrogen-bond donors (Lipinski definition) is 2. The van der Waals surface area contributed by atoms with Crippen molar-refractivity contribution in [3.05, 3.63) is 69.9 Å². The fourth-order valence-corrected chi connectivity index (χ4v) is 2.56. The maximum absolute atomic E-state index is 12.2. The number of anilines is 2. The molecule has 0 aromatic heterocycles. The summed E-state index contributed by atoms with van der Waals surface area (Å²) >= 11 is 5.81. The Bertz CT molecular complexity index is 810. The van der Waals surface area contributed by atoms with Gasteiger partial charge in [0, 0.05) is 22.6 Å². The highest BCUT2D eigenvalue weighted by Gasteiger charge is 2.10. The first-order valence-corrected chi connectivity index (χ1v) is 7.80. The monoisotopic (exact) mass is 339 g/mol. The molecule has 122 valence electrons. The summed E-state index contributed by atoms with van der Waals surface area (Å²) in [6.45, 7) is 5.99. The van der Waals surface area contributed by atoms with Crippen LogP contribution in [0.15, 0.2) is 48.2 Å². The number of carbonyl (C=O) groups is 1. The van der Waals surface area contributed by atoms with Crippen LogP contribution in [0.3, 0.4) is 0 Å². The lowest BCUT2D eigenvalue weighted by atomic mass is 10.1. The number of nitrogens with zero attached hydrogens (tertiary/aromatic N) is 1. The SMILES string of the molecule is Cc1cc(C)c(N/C=C(/C#N)C(=O)Nc2ccc(Cl)cc2)c(C)c1. The zero-order valence-electron chi connectivity index (χ0n) is 13.8. The van der Waals surface area contributed by atoms with Crippen LogP contribution in [0.5, 0.6) is 0 Å². The number of rotatable bonds is 4. The zero-order chi connectivity index (χ0) is 17.7. The summed E-state index contributed by atoms with van der Waals surface area (Å²) in [5.74, 6) is -0.477. The van der Waals surface area contributed by atoms with Crippen LogP contribution >= 0.6 is 11.6 Å². The van der Waals surface area contributed by atoms with E-state index in [1.54, 1.807) is 24.3 Å². The summed E-state index contributed by atoms with van der Waals surface area (Å²) < 4.78 is 0. The molecule has 24 heavy (non-hydrogen) atoms. The number of aryl methyl sites for hydroxylation is 3. The van der Waals surface area contributed by atoms with Gasteiger partial charge < -0.3 is 10.6 Å².